The molecule has 1 aliphatic heterocycles. The summed E-state index contributed by atoms with van der Waals surface area (Å²) in [5.41, 5.74) is 1.79. The van der Waals surface area contributed by atoms with Crippen LogP contribution in [0.4, 0.5) is 4.39 Å². The van der Waals surface area contributed by atoms with Crippen LogP contribution in [0, 0.1) is 5.82 Å². The van der Waals surface area contributed by atoms with Crippen LogP contribution in [0.15, 0.2) is 48.0 Å². The molecule has 1 fully saturated rings. The van der Waals surface area contributed by atoms with Crippen molar-refractivity contribution in [1.29, 1.82) is 0 Å². The van der Waals surface area contributed by atoms with E-state index in [2.05, 4.69) is 31.9 Å². The Balaban J connectivity index is 1.49. The third kappa shape index (κ3) is 3.94. The molecule has 0 unspecified atom stereocenters. The highest BCUT2D eigenvalue weighted by molar-refractivity contribution is 7.10. The van der Waals surface area contributed by atoms with Gasteiger partial charge < -0.3 is 5.32 Å². The molecule has 1 atom stereocenters. The van der Waals surface area contributed by atoms with Crippen molar-refractivity contribution >= 4 is 17.2 Å². The maximum Gasteiger partial charge on any atom is 0.255 e. The van der Waals surface area contributed by atoms with Gasteiger partial charge in [0.15, 0.2) is 0 Å². The Hall–Kier alpha value is -2.51. The van der Waals surface area contributed by atoms with Crippen molar-refractivity contribution in [3.8, 4) is 11.3 Å². The lowest BCUT2D eigenvalue weighted by atomic mass is 10.1. The molecule has 1 saturated heterocycles. The summed E-state index contributed by atoms with van der Waals surface area (Å²) in [5, 5.41) is 12.0. The largest absolute Gasteiger partial charge is 0.350 e. The monoisotopic (exact) mass is 384 g/mol. The van der Waals surface area contributed by atoms with Crippen LogP contribution in [0.1, 0.15) is 34.1 Å². The molecule has 1 aliphatic rings. The Labute approximate surface area is 161 Å². The zero-order chi connectivity index (χ0) is 18.6. The highest BCUT2D eigenvalue weighted by atomic mass is 32.1. The fourth-order valence-corrected chi connectivity index (χ4v) is 4.38. The zero-order valence-corrected chi connectivity index (χ0v) is 15.6. The third-order valence-corrected chi connectivity index (χ3v) is 5.90. The molecule has 1 aromatic carbocycles. The molecule has 0 saturated carbocycles. The fourth-order valence-electron chi connectivity index (χ4n) is 3.52. The number of hydrogen-bond acceptors (Lipinski definition) is 4. The third-order valence-electron chi connectivity index (χ3n) is 4.93. The number of benzene rings is 1. The number of carbonyl (C=O) groups is 1. The van der Waals surface area contributed by atoms with Crippen molar-refractivity contribution in [2.45, 2.75) is 18.9 Å². The Kier molecular flexibility index (Phi) is 5.31. The second kappa shape index (κ2) is 8.02. The van der Waals surface area contributed by atoms with Gasteiger partial charge in [-0.3, -0.25) is 14.8 Å². The standard InChI is InChI=1S/C20H21FN4OS/c21-15-7-5-14(6-8-15)19-16(12-23-24-19)20(26)22-13-17(18-4-3-11-27-18)25-9-1-2-10-25/h3-8,11-12,17H,1-2,9-10,13H2,(H,22,26)(H,23,24)/t17-/m1/s1. The second-order valence-corrected chi connectivity index (χ2v) is 7.63. The highest BCUT2D eigenvalue weighted by Crippen LogP contribution is 2.28. The lowest BCUT2D eigenvalue weighted by Crippen LogP contribution is -2.36. The number of amides is 1. The van der Waals surface area contributed by atoms with Gasteiger partial charge in [0.2, 0.25) is 0 Å². The van der Waals surface area contributed by atoms with Crippen LogP contribution in [0.3, 0.4) is 0 Å². The van der Waals surface area contributed by atoms with E-state index in [9.17, 15) is 9.18 Å². The Morgan fingerprint density at radius 1 is 1.26 bits per heavy atom. The molecule has 3 heterocycles. The Bertz CT molecular complexity index is 885. The average Bonchev–Trinajstić information content (AvgIpc) is 3.44. The molecule has 2 N–H and O–H groups in total. The molecule has 4 rings (SSSR count). The van der Waals surface area contributed by atoms with Gasteiger partial charge in [0.05, 0.1) is 23.5 Å². The molecule has 7 heteroatoms. The molecule has 1 amide bonds. The van der Waals surface area contributed by atoms with E-state index in [4.69, 9.17) is 0 Å². The number of carbonyl (C=O) groups excluding carboxylic acids is 1. The van der Waals surface area contributed by atoms with Gasteiger partial charge in [-0.2, -0.15) is 5.10 Å². The van der Waals surface area contributed by atoms with E-state index >= 15 is 0 Å². The van der Waals surface area contributed by atoms with Gasteiger partial charge in [0.1, 0.15) is 5.82 Å². The first-order chi connectivity index (χ1) is 13.2. The lowest BCUT2D eigenvalue weighted by molar-refractivity contribution is 0.0939. The molecule has 0 bridgehead atoms. The molecule has 27 heavy (non-hydrogen) atoms. The van der Waals surface area contributed by atoms with Crippen molar-refractivity contribution in [3.63, 3.8) is 0 Å². The van der Waals surface area contributed by atoms with Gasteiger partial charge in [0, 0.05) is 17.0 Å². The summed E-state index contributed by atoms with van der Waals surface area (Å²) in [7, 11) is 0. The van der Waals surface area contributed by atoms with Crippen LogP contribution in [-0.4, -0.2) is 40.6 Å². The van der Waals surface area contributed by atoms with Gasteiger partial charge >= 0.3 is 0 Å². The lowest BCUT2D eigenvalue weighted by Gasteiger charge is -2.26. The summed E-state index contributed by atoms with van der Waals surface area (Å²) < 4.78 is 13.2. The van der Waals surface area contributed by atoms with Crippen molar-refractivity contribution in [3.05, 3.63) is 64.2 Å². The van der Waals surface area contributed by atoms with Crippen LogP contribution >= 0.6 is 11.3 Å². The number of nitrogens with zero attached hydrogens (tertiary/aromatic N) is 2. The number of halogens is 1. The van der Waals surface area contributed by atoms with Crippen molar-refractivity contribution < 1.29 is 9.18 Å². The van der Waals surface area contributed by atoms with Crippen LogP contribution in [0.25, 0.3) is 11.3 Å². The molecule has 0 spiro atoms. The minimum absolute atomic E-state index is 0.177. The Morgan fingerprint density at radius 2 is 2.04 bits per heavy atom. The zero-order valence-electron chi connectivity index (χ0n) is 14.8. The van der Waals surface area contributed by atoms with Crippen LogP contribution in [0.5, 0.6) is 0 Å². The first kappa shape index (κ1) is 17.9. The van der Waals surface area contributed by atoms with E-state index in [-0.39, 0.29) is 17.8 Å². The predicted molar refractivity (Wildman–Crippen MR) is 104 cm³/mol. The van der Waals surface area contributed by atoms with Crippen molar-refractivity contribution in [2.24, 2.45) is 0 Å². The molecule has 140 valence electrons. The first-order valence-electron chi connectivity index (χ1n) is 9.07. The van der Waals surface area contributed by atoms with Gasteiger partial charge in [-0.25, -0.2) is 4.39 Å². The molecule has 5 nitrogen and oxygen atoms in total. The van der Waals surface area contributed by atoms with Gasteiger partial charge in [-0.05, 0) is 61.6 Å². The van der Waals surface area contributed by atoms with E-state index in [0.717, 1.165) is 18.7 Å². The number of hydrogen-bond donors (Lipinski definition) is 2. The summed E-state index contributed by atoms with van der Waals surface area (Å²) in [4.78, 5) is 16.5. The van der Waals surface area contributed by atoms with Gasteiger partial charge in [-0.1, -0.05) is 6.07 Å². The normalized spacial score (nSPS) is 15.7. The number of thiophene rings is 1. The van der Waals surface area contributed by atoms with E-state index in [1.54, 1.807) is 23.5 Å². The predicted octanol–water partition coefficient (Wildman–Crippen LogP) is 3.84. The number of aromatic nitrogens is 2. The van der Waals surface area contributed by atoms with Crippen molar-refractivity contribution in [1.82, 2.24) is 20.4 Å². The van der Waals surface area contributed by atoms with Crippen LogP contribution < -0.4 is 5.32 Å². The molecular weight excluding hydrogens is 363 g/mol. The minimum Gasteiger partial charge on any atom is -0.350 e. The fraction of sp³-hybridized carbons (Fsp3) is 0.300. The summed E-state index contributed by atoms with van der Waals surface area (Å²) in [6.45, 7) is 2.67. The highest BCUT2D eigenvalue weighted by Gasteiger charge is 2.25. The van der Waals surface area contributed by atoms with E-state index in [0.29, 0.717) is 17.8 Å². The topological polar surface area (TPSA) is 61.0 Å². The number of likely N-dealkylation sites (tertiary alicyclic amines) is 1. The van der Waals surface area contributed by atoms with E-state index in [1.165, 1.54) is 36.0 Å². The number of rotatable bonds is 6. The Morgan fingerprint density at radius 3 is 2.74 bits per heavy atom. The van der Waals surface area contributed by atoms with Crippen LogP contribution in [0.2, 0.25) is 0 Å². The maximum atomic E-state index is 13.2. The molecule has 0 aliphatic carbocycles. The van der Waals surface area contributed by atoms with E-state index < -0.39 is 0 Å². The molecular formula is C20H21FN4OS. The van der Waals surface area contributed by atoms with Gasteiger partial charge in [0.25, 0.3) is 5.91 Å². The summed E-state index contributed by atoms with van der Waals surface area (Å²) in [6.07, 6.45) is 3.92. The number of nitrogens with one attached hydrogen (secondary N) is 2. The SMILES string of the molecule is O=C(NC[C@H](c1cccs1)N1CCCC1)c1cn[nH]c1-c1ccc(F)cc1. The number of H-pyrrole nitrogens is 1. The first-order valence-corrected chi connectivity index (χ1v) is 9.95. The molecule has 2 aromatic heterocycles. The quantitative estimate of drug-likeness (QED) is 0.679. The number of aromatic amines is 1. The molecule has 0 radical (unpaired) electrons. The molecule has 3 aromatic rings. The van der Waals surface area contributed by atoms with Crippen molar-refractivity contribution in [2.75, 3.05) is 19.6 Å². The van der Waals surface area contributed by atoms with Gasteiger partial charge in [-0.15, -0.1) is 11.3 Å². The summed E-state index contributed by atoms with van der Waals surface area (Å²) in [6, 6.07) is 10.4. The van der Waals surface area contributed by atoms with E-state index in [1.807, 2.05) is 6.07 Å². The average molecular weight is 384 g/mol. The summed E-state index contributed by atoms with van der Waals surface area (Å²) >= 11 is 1.72. The van der Waals surface area contributed by atoms with Crippen LogP contribution in [-0.2, 0) is 0 Å². The summed E-state index contributed by atoms with van der Waals surface area (Å²) in [5.74, 6) is -0.488. The minimum atomic E-state index is -0.311. The second-order valence-electron chi connectivity index (χ2n) is 6.65. The maximum absolute atomic E-state index is 13.2. The smallest absolute Gasteiger partial charge is 0.255 e.